The van der Waals surface area contributed by atoms with Gasteiger partial charge < -0.3 is 19.5 Å². The zero-order chi connectivity index (χ0) is 23.7. The number of piperazine rings is 1. The van der Waals surface area contributed by atoms with Crippen LogP contribution in [-0.2, 0) is 6.54 Å². The first-order valence-electron chi connectivity index (χ1n) is 11.7. The second kappa shape index (κ2) is 9.62. The highest BCUT2D eigenvalue weighted by Gasteiger charge is 2.32. The van der Waals surface area contributed by atoms with Gasteiger partial charge in [-0.1, -0.05) is 30.3 Å². The third-order valence-corrected chi connectivity index (χ3v) is 6.94. The lowest BCUT2D eigenvalue weighted by Crippen LogP contribution is -2.49. The summed E-state index contributed by atoms with van der Waals surface area (Å²) in [4.78, 5) is 19.6. The van der Waals surface area contributed by atoms with Crippen LogP contribution in [0.25, 0.3) is 10.8 Å². The summed E-state index contributed by atoms with van der Waals surface area (Å²) in [6.45, 7) is 5.80. The highest BCUT2D eigenvalue weighted by molar-refractivity contribution is 6.10. The summed E-state index contributed by atoms with van der Waals surface area (Å²) in [6.07, 6.45) is -0.907. The number of nitrogens with zero attached hydrogens (tertiary/aromatic N) is 3. The minimum absolute atomic E-state index is 0.0950. The molecule has 0 aromatic heterocycles. The summed E-state index contributed by atoms with van der Waals surface area (Å²) in [5.41, 5.74) is 2.66. The molecule has 0 aliphatic carbocycles. The minimum Gasteiger partial charge on any atom is -0.497 e. The number of aliphatic hydroxyl groups excluding tert-OH is 1. The van der Waals surface area contributed by atoms with Crippen LogP contribution in [0.2, 0.25) is 0 Å². The Morgan fingerprint density at radius 3 is 2.21 bits per heavy atom. The Labute approximate surface area is 200 Å². The van der Waals surface area contributed by atoms with Crippen LogP contribution in [-0.4, -0.2) is 79.2 Å². The monoisotopic (exact) mass is 461 g/mol. The summed E-state index contributed by atoms with van der Waals surface area (Å²) >= 11 is 0. The van der Waals surface area contributed by atoms with Gasteiger partial charge in [-0.25, -0.2) is 0 Å². The highest BCUT2D eigenvalue weighted by atomic mass is 16.5. The summed E-state index contributed by atoms with van der Waals surface area (Å²) < 4.78 is 10.8. The van der Waals surface area contributed by atoms with Crippen molar-refractivity contribution in [1.82, 2.24) is 14.7 Å². The van der Waals surface area contributed by atoms with E-state index in [-0.39, 0.29) is 5.91 Å². The number of rotatable bonds is 7. The van der Waals surface area contributed by atoms with Gasteiger partial charge in [0.05, 0.1) is 14.2 Å². The van der Waals surface area contributed by atoms with Gasteiger partial charge in [0.2, 0.25) is 0 Å². The number of hydrogen-bond donors (Lipinski definition) is 1. The Balaban J connectivity index is 1.18. The zero-order valence-electron chi connectivity index (χ0n) is 19.7. The molecule has 2 aliphatic heterocycles. The number of carbonyl (C=O) groups is 1. The lowest BCUT2D eigenvalue weighted by Gasteiger charge is -2.38. The van der Waals surface area contributed by atoms with E-state index < -0.39 is 6.23 Å². The third-order valence-electron chi connectivity index (χ3n) is 6.94. The number of methoxy groups -OCH3 is 2. The van der Waals surface area contributed by atoms with Crippen molar-refractivity contribution in [2.75, 3.05) is 53.5 Å². The van der Waals surface area contributed by atoms with E-state index in [4.69, 9.17) is 9.47 Å². The summed E-state index contributed by atoms with van der Waals surface area (Å²) in [5.74, 6) is 1.51. The lowest BCUT2D eigenvalue weighted by molar-refractivity contribution is -0.00111. The van der Waals surface area contributed by atoms with E-state index in [1.54, 1.807) is 19.1 Å². The Morgan fingerprint density at radius 2 is 1.53 bits per heavy atom. The molecule has 0 radical (unpaired) electrons. The molecule has 1 atom stereocenters. The number of carbonyl (C=O) groups excluding carboxylic acids is 1. The van der Waals surface area contributed by atoms with Gasteiger partial charge >= 0.3 is 0 Å². The summed E-state index contributed by atoms with van der Waals surface area (Å²) in [7, 11) is 3.33. The predicted molar refractivity (Wildman–Crippen MR) is 131 cm³/mol. The van der Waals surface area contributed by atoms with E-state index >= 15 is 0 Å². The van der Waals surface area contributed by atoms with Crippen LogP contribution >= 0.6 is 0 Å². The molecule has 2 heterocycles. The topological polar surface area (TPSA) is 65.5 Å². The quantitative estimate of drug-likeness (QED) is 0.583. The number of hydrogen-bond acceptors (Lipinski definition) is 6. The minimum atomic E-state index is -0.907. The third kappa shape index (κ3) is 4.34. The van der Waals surface area contributed by atoms with Gasteiger partial charge in [-0.05, 0) is 29.1 Å². The van der Waals surface area contributed by atoms with E-state index in [0.717, 1.165) is 67.1 Å². The Kier molecular flexibility index (Phi) is 6.41. The van der Waals surface area contributed by atoms with E-state index in [9.17, 15) is 9.90 Å². The smallest absolute Gasteiger partial charge is 0.256 e. The molecular weight excluding hydrogens is 430 g/mol. The molecule has 3 aromatic carbocycles. The Bertz CT molecular complexity index is 1160. The molecule has 34 heavy (non-hydrogen) atoms. The largest absolute Gasteiger partial charge is 0.497 e. The average Bonchev–Trinajstić information content (AvgIpc) is 2.87. The van der Waals surface area contributed by atoms with Gasteiger partial charge in [-0.15, -0.1) is 0 Å². The van der Waals surface area contributed by atoms with Crippen molar-refractivity contribution in [2.24, 2.45) is 0 Å². The van der Waals surface area contributed by atoms with Crippen molar-refractivity contribution in [2.45, 2.75) is 12.8 Å². The molecule has 5 rings (SSSR count). The normalized spacial score (nSPS) is 19.0. The van der Waals surface area contributed by atoms with E-state index in [2.05, 4.69) is 21.9 Å². The van der Waals surface area contributed by atoms with Gasteiger partial charge in [0.1, 0.15) is 11.5 Å². The number of benzene rings is 3. The molecule has 7 nitrogen and oxygen atoms in total. The highest BCUT2D eigenvalue weighted by Crippen LogP contribution is 2.35. The molecule has 178 valence electrons. The molecule has 2 aliphatic rings. The van der Waals surface area contributed by atoms with Crippen LogP contribution in [0.4, 0.5) is 0 Å². The maximum Gasteiger partial charge on any atom is 0.256 e. The number of ether oxygens (including phenoxy) is 2. The molecule has 1 unspecified atom stereocenters. The van der Waals surface area contributed by atoms with Gasteiger partial charge in [0.25, 0.3) is 5.91 Å². The van der Waals surface area contributed by atoms with Crippen molar-refractivity contribution < 1.29 is 19.4 Å². The average molecular weight is 462 g/mol. The van der Waals surface area contributed by atoms with Gasteiger partial charge in [0, 0.05) is 68.4 Å². The van der Waals surface area contributed by atoms with Crippen molar-refractivity contribution >= 4 is 16.7 Å². The lowest BCUT2D eigenvalue weighted by atomic mass is 9.93. The van der Waals surface area contributed by atoms with Gasteiger partial charge in [-0.2, -0.15) is 0 Å². The summed E-state index contributed by atoms with van der Waals surface area (Å²) in [5, 5.41) is 12.8. The molecule has 1 fully saturated rings. The van der Waals surface area contributed by atoms with Crippen LogP contribution in [0.1, 0.15) is 27.7 Å². The first-order chi connectivity index (χ1) is 16.6. The van der Waals surface area contributed by atoms with E-state index in [0.29, 0.717) is 12.1 Å². The fourth-order valence-corrected chi connectivity index (χ4v) is 5.06. The molecule has 3 aromatic rings. The second-order valence-corrected chi connectivity index (χ2v) is 8.96. The maximum absolute atomic E-state index is 13.2. The second-order valence-electron chi connectivity index (χ2n) is 8.96. The fraction of sp³-hybridized carbons (Fsp3) is 0.370. The molecule has 1 N–H and O–H groups in total. The van der Waals surface area contributed by atoms with Crippen LogP contribution in [0.15, 0.2) is 54.6 Å². The van der Waals surface area contributed by atoms with Crippen LogP contribution in [0.5, 0.6) is 11.5 Å². The summed E-state index contributed by atoms with van der Waals surface area (Å²) in [6, 6.07) is 17.6. The van der Waals surface area contributed by atoms with Crippen LogP contribution in [0.3, 0.4) is 0 Å². The molecule has 7 heteroatoms. The first kappa shape index (κ1) is 22.7. The molecule has 1 saturated heterocycles. The maximum atomic E-state index is 13.2. The number of amides is 1. The van der Waals surface area contributed by atoms with Crippen molar-refractivity contribution in [1.29, 1.82) is 0 Å². The molecule has 0 saturated carbocycles. The standard InChI is InChI=1S/C27H31N3O4/c1-33-21-15-19(16-22(17-21)34-2)18-29-11-9-28(10-12-29)13-14-30-26(31)23-7-3-5-20-6-4-8-24(25(20)23)27(30)32/h3-8,15-17,26,31H,9-14,18H2,1-2H3. The van der Waals surface area contributed by atoms with Gasteiger partial charge in [0.15, 0.2) is 6.23 Å². The predicted octanol–water partition coefficient (Wildman–Crippen LogP) is 3.12. The fourth-order valence-electron chi connectivity index (χ4n) is 5.06. The first-order valence-corrected chi connectivity index (χ1v) is 11.7. The van der Waals surface area contributed by atoms with E-state index in [1.807, 2.05) is 42.5 Å². The van der Waals surface area contributed by atoms with Crippen molar-refractivity contribution in [3.8, 4) is 11.5 Å². The Hall–Kier alpha value is -3.13. The van der Waals surface area contributed by atoms with Gasteiger partial charge in [-0.3, -0.25) is 14.6 Å². The van der Waals surface area contributed by atoms with Crippen molar-refractivity contribution in [3.63, 3.8) is 0 Å². The molecule has 1 amide bonds. The van der Waals surface area contributed by atoms with E-state index in [1.165, 1.54) is 5.56 Å². The van der Waals surface area contributed by atoms with Crippen LogP contribution in [0, 0.1) is 0 Å². The van der Waals surface area contributed by atoms with Crippen molar-refractivity contribution in [3.05, 3.63) is 71.3 Å². The SMILES string of the molecule is COc1cc(CN2CCN(CCN3C(=O)c4cccc5cccc(c45)C3O)CC2)cc(OC)c1. The molecule has 0 spiro atoms. The zero-order valence-corrected chi connectivity index (χ0v) is 19.7. The number of aliphatic hydroxyl groups is 1. The van der Waals surface area contributed by atoms with Crippen LogP contribution < -0.4 is 9.47 Å². The molecular formula is C27H31N3O4. The Morgan fingerprint density at radius 1 is 0.882 bits per heavy atom. The molecule has 0 bridgehead atoms.